The number of aromatic nitrogens is 3. The molecule has 2 atom stereocenters. The van der Waals surface area contributed by atoms with Crippen LogP contribution in [0.25, 0.3) is 17.3 Å². The highest BCUT2D eigenvalue weighted by atomic mass is 19.1. The molecule has 0 aliphatic heterocycles. The van der Waals surface area contributed by atoms with Gasteiger partial charge < -0.3 is 19.8 Å². The van der Waals surface area contributed by atoms with Crippen molar-refractivity contribution < 1.29 is 29.0 Å². The van der Waals surface area contributed by atoms with Gasteiger partial charge >= 0.3 is 5.97 Å². The average molecular weight is 485 g/mol. The van der Waals surface area contributed by atoms with Gasteiger partial charge in [-0.1, -0.05) is 31.2 Å². The van der Waals surface area contributed by atoms with Crippen LogP contribution in [0.3, 0.4) is 0 Å². The SMILES string of the molecule is Cc1cc(N(C)c2nc(-c3ccc(F)cc3)c(/C=C/[C@@H](O)C[C@@H](O)CC(=O)O)c(C(C)C)n2)no1. The molecule has 0 spiro atoms. The van der Waals surface area contributed by atoms with E-state index in [4.69, 9.17) is 19.6 Å². The Morgan fingerprint density at radius 1 is 1.20 bits per heavy atom. The summed E-state index contributed by atoms with van der Waals surface area (Å²) in [6, 6.07) is 7.64. The summed E-state index contributed by atoms with van der Waals surface area (Å²) in [7, 11) is 1.76. The Balaban J connectivity index is 2.08. The van der Waals surface area contributed by atoms with Crippen molar-refractivity contribution in [2.45, 2.75) is 51.7 Å². The molecule has 2 aromatic heterocycles. The molecule has 9 nitrogen and oxygen atoms in total. The molecule has 0 amide bonds. The molecule has 186 valence electrons. The van der Waals surface area contributed by atoms with Gasteiger partial charge in [0.15, 0.2) is 5.82 Å². The molecule has 0 unspecified atom stereocenters. The Hall–Kier alpha value is -3.63. The number of aliphatic hydroxyl groups is 2. The molecule has 35 heavy (non-hydrogen) atoms. The van der Waals surface area contributed by atoms with E-state index in [0.717, 1.165) is 0 Å². The fraction of sp³-hybridized carbons (Fsp3) is 0.360. The Morgan fingerprint density at radius 2 is 1.89 bits per heavy atom. The third-order valence-corrected chi connectivity index (χ3v) is 5.30. The number of carbonyl (C=O) groups is 1. The lowest BCUT2D eigenvalue weighted by molar-refractivity contribution is -0.139. The van der Waals surface area contributed by atoms with Crippen LogP contribution in [0, 0.1) is 12.7 Å². The van der Waals surface area contributed by atoms with Crippen molar-refractivity contribution in [3.05, 3.63) is 59.2 Å². The quantitative estimate of drug-likeness (QED) is 0.389. The fourth-order valence-corrected chi connectivity index (χ4v) is 3.52. The highest BCUT2D eigenvalue weighted by Crippen LogP contribution is 2.32. The van der Waals surface area contributed by atoms with Gasteiger partial charge in [-0.05, 0) is 37.1 Å². The summed E-state index contributed by atoms with van der Waals surface area (Å²) in [6.07, 6.45) is 0.230. The highest BCUT2D eigenvalue weighted by Gasteiger charge is 2.21. The van der Waals surface area contributed by atoms with Gasteiger partial charge in [0.1, 0.15) is 11.6 Å². The van der Waals surface area contributed by atoms with Crippen LogP contribution in [0.2, 0.25) is 0 Å². The second-order valence-corrected chi connectivity index (χ2v) is 8.60. The number of halogens is 1. The first-order valence-electron chi connectivity index (χ1n) is 11.2. The molecule has 2 heterocycles. The van der Waals surface area contributed by atoms with Gasteiger partial charge in [-0.2, -0.15) is 0 Å². The molecule has 0 fully saturated rings. The van der Waals surface area contributed by atoms with E-state index >= 15 is 0 Å². The predicted octanol–water partition coefficient (Wildman–Crippen LogP) is 4.07. The third kappa shape index (κ3) is 6.71. The Morgan fingerprint density at radius 3 is 2.46 bits per heavy atom. The van der Waals surface area contributed by atoms with Crippen LogP contribution < -0.4 is 4.90 Å². The van der Waals surface area contributed by atoms with Crippen molar-refractivity contribution in [2.24, 2.45) is 0 Å². The van der Waals surface area contributed by atoms with Gasteiger partial charge in [-0.15, -0.1) is 0 Å². The van der Waals surface area contributed by atoms with E-state index in [2.05, 4.69) is 5.16 Å². The number of carboxylic acid groups (broad SMARTS) is 1. The third-order valence-electron chi connectivity index (χ3n) is 5.30. The minimum absolute atomic E-state index is 0.0437. The Kier molecular flexibility index (Phi) is 8.31. The standard InChI is InChI=1S/C25H29FN4O5/c1-14(2)23-20(10-9-18(31)12-19(32)13-22(33)34)24(16-5-7-17(26)8-6-16)28-25(27-23)30(4)21-11-15(3)35-29-21/h5-11,14,18-19,31-32H,12-13H2,1-4H3,(H,33,34)/b10-9+/t18-,19-/m1/s1. The molecular formula is C25H29FN4O5. The molecule has 10 heteroatoms. The number of aliphatic hydroxyl groups excluding tert-OH is 2. The number of aryl methyl sites for hydroxylation is 1. The Bertz CT molecular complexity index is 1190. The monoisotopic (exact) mass is 484 g/mol. The van der Waals surface area contributed by atoms with Crippen LogP contribution in [0.1, 0.15) is 49.6 Å². The molecule has 0 aliphatic rings. The molecule has 3 aromatic rings. The van der Waals surface area contributed by atoms with Crippen molar-refractivity contribution in [2.75, 3.05) is 11.9 Å². The van der Waals surface area contributed by atoms with E-state index in [9.17, 15) is 19.4 Å². The normalized spacial score (nSPS) is 13.4. The van der Waals surface area contributed by atoms with Crippen LogP contribution in [-0.4, -0.2) is 55.7 Å². The molecule has 0 aliphatic carbocycles. The molecule has 0 saturated carbocycles. The summed E-state index contributed by atoms with van der Waals surface area (Å²) in [5.74, 6) is -0.0672. The van der Waals surface area contributed by atoms with Crippen molar-refractivity contribution in [3.63, 3.8) is 0 Å². The van der Waals surface area contributed by atoms with Crippen LogP contribution in [-0.2, 0) is 4.79 Å². The van der Waals surface area contributed by atoms with E-state index in [1.807, 2.05) is 13.8 Å². The van der Waals surface area contributed by atoms with Gasteiger partial charge in [0.2, 0.25) is 5.95 Å². The summed E-state index contributed by atoms with van der Waals surface area (Å²) in [4.78, 5) is 21.9. The fourth-order valence-electron chi connectivity index (χ4n) is 3.52. The van der Waals surface area contributed by atoms with Gasteiger partial charge in [0.05, 0.1) is 30.0 Å². The second-order valence-electron chi connectivity index (χ2n) is 8.60. The molecule has 0 saturated heterocycles. The minimum Gasteiger partial charge on any atom is -0.481 e. The molecule has 0 bridgehead atoms. The lowest BCUT2D eigenvalue weighted by Gasteiger charge is -2.20. The maximum Gasteiger partial charge on any atom is 0.305 e. The lowest BCUT2D eigenvalue weighted by Crippen LogP contribution is -2.19. The van der Waals surface area contributed by atoms with E-state index in [1.165, 1.54) is 18.2 Å². The summed E-state index contributed by atoms with van der Waals surface area (Å²) in [6.45, 7) is 5.71. The molecule has 3 N–H and O–H groups in total. The van der Waals surface area contributed by atoms with Crippen LogP contribution in [0.5, 0.6) is 0 Å². The Labute approximate surface area is 202 Å². The van der Waals surface area contributed by atoms with Crippen molar-refractivity contribution in [1.29, 1.82) is 0 Å². The maximum absolute atomic E-state index is 13.6. The van der Waals surface area contributed by atoms with Gasteiger partial charge in [-0.25, -0.2) is 14.4 Å². The lowest BCUT2D eigenvalue weighted by atomic mass is 9.97. The zero-order valence-electron chi connectivity index (χ0n) is 20.0. The van der Waals surface area contributed by atoms with Crippen LogP contribution in [0.15, 0.2) is 40.9 Å². The smallest absolute Gasteiger partial charge is 0.305 e. The number of hydrogen-bond donors (Lipinski definition) is 3. The number of nitrogens with zero attached hydrogens (tertiary/aromatic N) is 4. The summed E-state index contributed by atoms with van der Waals surface area (Å²) in [5.41, 5.74) is 2.45. The molecule has 0 radical (unpaired) electrons. The predicted molar refractivity (Wildman–Crippen MR) is 129 cm³/mol. The van der Waals surface area contributed by atoms with Gasteiger partial charge in [0.25, 0.3) is 0 Å². The number of rotatable bonds is 10. The van der Waals surface area contributed by atoms with Crippen LogP contribution in [0.4, 0.5) is 16.2 Å². The second kappa shape index (κ2) is 11.2. The topological polar surface area (TPSA) is 133 Å². The van der Waals surface area contributed by atoms with Crippen molar-refractivity contribution in [3.8, 4) is 11.3 Å². The van der Waals surface area contributed by atoms with E-state index < -0.39 is 24.6 Å². The first-order chi connectivity index (χ1) is 16.5. The first-order valence-corrected chi connectivity index (χ1v) is 11.2. The first kappa shape index (κ1) is 26.0. The number of aliphatic carboxylic acids is 1. The van der Waals surface area contributed by atoms with Gasteiger partial charge in [0, 0.05) is 30.7 Å². The highest BCUT2D eigenvalue weighted by molar-refractivity contribution is 5.75. The number of benzene rings is 1. The van der Waals surface area contributed by atoms with Gasteiger partial charge in [-0.3, -0.25) is 9.69 Å². The zero-order chi connectivity index (χ0) is 25.7. The van der Waals surface area contributed by atoms with E-state index in [1.54, 1.807) is 43.1 Å². The summed E-state index contributed by atoms with van der Waals surface area (Å²) < 4.78 is 18.8. The van der Waals surface area contributed by atoms with Crippen molar-refractivity contribution >= 4 is 23.8 Å². The number of anilines is 2. The minimum atomic E-state index is -1.19. The van der Waals surface area contributed by atoms with Crippen molar-refractivity contribution in [1.82, 2.24) is 15.1 Å². The molecular weight excluding hydrogens is 455 g/mol. The van der Waals surface area contributed by atoms with E-state index in [-0.39, 0.29) is 18.2 Å². The van der Waals surface area contributed by atoms with Crippen LogP contribution >= 0.6 is 0 Å². The summed E-state index contributed by atoms with van der Waals surface area (Å²) in [5, 5.41) is 33.0. The zero-order valence-corrected chi connectivity index (χ0v) is 20.0. The average Bonchev–Trinajstić information content (AvgIpc) is 3.22. The number of hydrogen-bond acceptors (Lipinski definition) is 8. The largest absolute Gasteiger partial charge is 0.481 e. The molecule has 3 rings (SSSR count). The summed E-state index contributed by atoms with van der Waals surface area (Å²) >= 11 is 0. The maximum atomic E-state index is 13.6. The number of carboxylic acids is 1. The van der Waals surface area contributed by atoms with E-state index in [0.29, 0.717) is 40.0 Å². The molecule has 1 aromatic carbocycles.